The number of nitrogens with one attached hydrogen (secondary N) is 1. The number of furan rings is 1. The molecule has 0 saturated carbocycles. The van der Waals surface area contributed by atoms with E-state index in [1.165, 1.54) is 0 Å². The molecule has 0 aliphatic carbocycles. The van der Waals surface area contributed by atoms with Crippen LogP contribution in [0, 0.1) is 5.92 Å². The van der Waals surface area contributed by atoms with Crippen LogP contribution >= 0.6 is 0 Å². The van der Waals surface area contributed by atoms with Gasteiger partial charge in [-0.05, 0) is 36.7 Å². The van der Waals surface area contributed by atoms with Crippen LogP contribution in [0.1, 0.15) is 32.6 Å². The van der Waals surface area contributed by atoms with Gasteiger partial charge in [0.1, 0.15) is 17.1 Å². The van der Waals surface area contributed by atoms with Gasteiger partial charge < -0.3 is 14.5 Å². The number of fused-ring (bicyclic) bond motifs is 1. The lowest BCUT2D eigenvalue weighted by atomic mass is 10.0. The molecule has 1 aromatic carbocycles. The molecule has 0 fully saturated rings. The van der Waals surface area contributed by atoms with Gasteiger partial charge in [0.15, 0.2) is 0 Å². The highest BCUT2D eigenvalue weighted by molar-refractivity contribution is 5.79. The van der Waals surface area contributed by atoms with Crippen molar-refractivity contribution in [2.45, 2.75) is 26.8 Å². The average molecular weight is 247 g/mol. The molecule has 1 N–H and O–H groups in total. The van der Waals surface area contributed by atoms with E-state index in [0.717, 1.165) is 29.0 Å². The summed E-state index contributed by atoms with van der Waals surface area (Å²) in [7, 11) is 1.68. The Kier molecular flexibility index (Phi) is 3.92. The molecule has 0 aliphatic rings. The highest BCUT2D eigenvalue weighted by atomic mass is 16.5. The summed E-state index contributed by atoms with van der Waals surface area (Å²) < 4.78 is 11.2. The molecule has 1 aromatic heterocycles. The van der Waals surface area contributed by atoms with Crippen LogP contribution in [0.5, 0.6) is 5.75 Å². The molecule has 1 atom stereocenters. The summed E-state index contributed by atoms with van der Waals surface area (Å²) in [5, 5.41) is 4.55. The molecule has 0 saturated heterocycles. The first-order valence-electron chi connectivity index (χ1n) is 6.46. The van der Waals surface area contributed by atoms with Crippen molar-refractivity contribution < 1.29 is 9.15 Å². The van der Waals surface area contributed by atoms with Crippen molar-refractivity contribution in [3.05, 3.63) is 30.0 Å². The SMILES string of the molecule is CCNC(c1cc2cc(OC)ccc2o1)C(C)C. The molecule has 2 rings (SSSR count). The first kappa shape index (κ1) is 13.0. The van der Waals surface area contributed by atoms with Crippen LogP contribution in [0.25, 0.3) is 11.0 Å². The molecule has 0 amide bonds. The van der Waals surface area contributed by atoms with Gasteiger partial charge in [-0.25, -0.2) is 0 Å². The van der Waals surface area contributed by atoms with E-state index in [1.54, 1.807) is 7.11 Å². The lowest BCUT2D eigenvalue weighted by molar-refractivity contribution is 0.357. The summed E-state index contributed by atoms with van der Waals surface area (Å²) in [6, 6.07) is 8.25. The van der Waals surface area contributed by atoms with Gasteiger partial charge >= 0.3 is 0 Å². The third kappa shape index (κ3) is 2.51. The predicted molar refractivity (Wildman–Crippen MR) is 74.0 cm³/mol. The molecule has 1 heterocycles. The largest absolute Gasteiger partial charge is 0.497 e. The van der Waals surface area contributed by atoms with Crippen LogP contribution in [-0.2, 0) is 0 Å². The van der Waals surface area contributed by atoms with E-state index in [0.29, 0.717) is 5.92 Å². The molecule has 0 radical (unpaired) electrons. The molecule has 18 heavy (non-hydrogen) atoms. The zero-order valence-corrected chi connectivity index (χ0v) is 11.5. The van der Waals surface area contributed by atoms with Crippen LogP contribution < -0.4 is 10.1 Å². The molecule has 0 spiro atoms. The maximum atomic E-state index is 5.93. The standard InChI is InChI=1S/C15H21NO2/c1-5-16-15(10(2)3)14-9-11-8-12(17-4)6-7-13(11)18-14/h6-10,15-16H,5H2,1-4H3. The molecular formula is C15H21NO2. The van der Waals surface area contributed by atoms with E-state index in [-0.39, 0.29) is 6.04 Å². The van der Waals surface area contributed by atoms with Crippen LogP contribution in [0.2, 0.25) is 0 Å². The Bertz CT molecular complexity index is 516. The Morgan fingerprint density at radius 1 is 1.28 bits per heavy atom. The van der Waals surface area contributed by atoms with Crippen LogP contribution in [0.15, 0.2) is 28.7 Å². The summed E-state index contributed by atoms with van der Waals surface area (Å²) >= 11 is 0. The Morgan fingerprint density at radius 2 is 2.06 bits per heavy atom. The molecule has 0 bridgehead atoms. The number of hydrogen-bond donors (Lipinski definition) is 1. The number of hydrogen-bond acceptors (Lipinski definition) is 3. The third-order valence-electron chi connectivity index (χ3n) is 3.14. The van der Waals surface area contributed by atoms with E-state index < -0.39 is 0 Å². The maximum Gasteiger partial charge on any atom is 0.134 e. The van der Waals surface area contributed by atoms with Gasteiger partial charge in [0.25, 0.3) is 0 Å². The smallest absolute Gasteiger partial charge is 0.134 e. The molecule has 3 nitrogen and oxygen atoms in total. The summed E-state index contributed by atoms with van der Waals surface area (Å²) in [6.45, 7) is 7.44. The van der Waals surface area contributed by atoms with Gasteiger partial charge in [-0.1, -0.05) is 20.8 Å². The van der Waals surface area contributed by atoms with Crippen molar-refractivity contribution in [1.82, 2.24) is 5.32 Å². The zero-order valence-electron chi connectivity index (χ0n) is 11.5. The maximum absolute atomic E-state index is 5.93. The average Bonchev–Trinajstić information content (AvgIpc) is 2.77. The normalized spacial score (nSPS) is 13.2. The predicted octanol–water partition coefficient (Wildman–Crippen LogP) is 3.75. The monoisotopic (exact) mass is 247 g/mol. The van der Waals surface area contributed by atoms with Crippen molar-refractivity contribution in [3.8, 4) is 5.75 Å². The van der Waals surface area contributed by atoms with Crippen LogP contribution in [0.4, 0.5) is 0 Å². The van der Waals surface area contributed by atoms with Crippen molar-refractivity contribution in [2.75, 3.05) is 13.7 Å². The Labute approximate surface area is 108 Å². The van der Waals surface area contributed by atoms with E-state index >= 15 is 0 Å². The summed E-state index contributed by atoms with van der Waals surface area (Å²) in [5.74, 6) is 2.35. The second-order valence-electron chi connectivity index (χ2n) is 4.83. The molecule has 98 valence electrons. The third-order valence-corrected chi connectivity index (χ3v) is 3.14. The fraction of sp³-hybridized carbons (Fsp3) is 0.467. The van der Waals surface area contributed by atoms with Gasteiger partial charge in [-0.15, -0.1) is 0 Å². The topological polar surface area (TPSA) is 34.4 Å². The number of methoxy groups -OCH3 is 1. The summed E-state index contributed by atoms with van der Waals surface area (Å²) in [5.41, 5.74) is 0.911. The number of rotatable bonds is 5. The zero-order chi connectivity index (χ0) is 13.1. The fourth-order valence-electron chi connectivity index (χ4n) is 2.21. The second kappa shape index (κ2) is 5.44. The van der Waals surface area contributed by atoms with Crippen molar-refractivity contribution in [1.29, 1.82) is 0 Å². The van der Waals surface area contributed by atoms with Gasteiger partial charge in [-0.2, -0.15) is 0 Å². The van der Waals surface area contributed by atoms with E-state index in [2.05, 4.69) is 32.2 Å². The molecule has 0 aliphatic heterocycles. The first-order valence-corrected chi connectivity index (χ1v) is 6.46. The van der Waals surface area contributed by atoms with Gasteiger partial charge in [0, 0.05) is 5.39 Å². The van der Waals surface area contributed by atoms with Crippen LogP contribution in [-0.4, -0.2) is 13.7 Å². The second-order valence-corrected chi connectivity index (χ2v) is 4.83. The number of ether oxygens (including phenoxy) is 1. The minimum atomic E-state index is 0.258. The van der Waals surface area contributed by atoms with Crippen molar-refractivity contribution in [2.24, 2.45) is 5.92 Å². The molecule has 1 unspecified atom stereocenters. The lowest BCUT2D eigenvalue weighted by Crippen LogP contribution is -2.24. The minimum Gasteiger partial charge on any atom is -0.497 e. The van der Waals surface area contributed by atoms with E-state index in [4.69, 9.17) is 9.15 Å². The van der Waals surface area contributed by atoms with E-state index in [9.17, 15) is 0 Å². The van der Waals surface area contributed by atoms with Crippen molar-refractivity contribution >= 4 is 11.0 Å². The van der Waals surface area contributed by atoms with Gasteiger partial charge in [-0.3, -0.25) is 0 Å². The summed E-state index contributed by atoms with van der Waals surface area (Å²) in [4.78, 5) is 0. The van der Waals surface area contributed by atoms with Gasteiger partial charge in [0.2, 0.25) is 0 Å². The molecule has 2 aromatic rings. The number of benzene rings is 1. The Balaban J connectivity index is 2.38. The molecule has 3 heteroatoms. The van der Waals surface area contributed by atoms with Gasteiger partial charge in [0.05, 0.1) is 13.2 Å². The Morgan fingerprint density at radius 3 is 2.67 bits per heavy atom. The van der Waals surface area contributed by atoms with E-state index in [1.807, 2.05) is 18.2 Å². The lowest BCUT2D eigenvalue weighted by Gasteiger charge is -2.18. The minimum absolute atomic E-state index is 0.258. The fourth-order valence-corrected chi connectivity index (χ4v) is 2.21. The summed E-state index contributed by atoms with van der Waals surface area (Å²) in [6.07, 6.45) is 0. The van der Waals surface area contributed by atoms with Crippen LogP contribution in [0.3, 0.4) is 0 Å². The highest BCUT2D eigenvalue weighted by Crippen LogP contribution is 2.30. The molecular weight excluding hydrogens is 226 g/mol. The first-order chi connectivity index (χ1) is 8.65. The highest BCUT2D eigenvalue weighted by Gasteiger charge is 2.18. The Hall–Kier alpha value is -1.48. The van der Waals surface area contributed by atoms with Crippen molar-refractivity contribution in [3.63, 3.8) is 0 Å². The quantitative estimate of drug-likeness (QED) is 0.873.